The standard InChI is InChI=1S/C39H46F5N3O3/c1-27-20-29-21-31(50-25-28-8-3-2-4-9-28)10-11-32(29)37(47(27)26-39(42,43)44)36-33(40)22-30(23-34(36)41)46-17-6-13-38(14-7-18-46)12-5-16-45(19-15-38)24-35(48)49/h2-4,8-11,21-23,27,37H,5-7,12-20,24-26H2,1H3,(H,48,49)/t27-,37?/m1/s1. The lowest BCUT2D eigenvalue weighted by Crippen LogP contribution is -2.47. The van der Waals surface area contributed by atoms with Gasteiger partial charge in [0.05, 0.1) is 19.1 Å². The van der Waals surface area contributed by atoms with E-state index in [0.717, 1.165) is 68.5 Å². The number of aliphatic carboxylic acids is 1. The first kappa shape index (κ1) is 36.1. The summed E-state index contributed by atoms with van der Waals surface area (Å²) in [5, 5.41) is 9.23. The van der Waals surface area contributed by atoms with E-state index in [9.17, 15) is 23.1 Å². The Morgan fingerprint density at radius 3 is 2.20 bits per heavy atom. The molecular weight excluding hydrogens is 653 g/mol. The smallest absolute Gasteiger partial charge is 0.401 e. The number of anilines is 1. The van der Waals surface area contributed by atoms with Gasteiger partial charge in [0, 0.05) is 30.4 Å². The molecule has 0 aliphatic carbocycles. The Balaban J connectivity index is 1.22. The molecule has 2 saturated heterocycles. The zero-order valence-electron chi connectivity index (χ0n) is 28.5. The van der Waals surface area contributed by atoms with E-state index in [2.05, 4.69) is 0 Å². The fourth-order valence-electron chi connectivity index (χ4n) is 8.46. The third-order valence-corrected chi connectivity index (χ3v) is 10.9. The topological polar surface area (TPSA) is 56.3 Å². The number of carboxylic acid groups (broad SMARTS) is 1. The highest BCUT2D eigenvalue weighted by Gasteiger charge is 2.43. The summed E-state index contributed by atoms with van der Waals surface area (Å²) in [6.45, 7) is 3.47. The largest absolute Gasteiger partial charge is 0.489 e. The van der Waals surface area contributed by atoms with Gasteiger partial charge in [-0.25, -0.2) is 8.78 Å². The van der Waals surface area contributed by atoms with Crippen molar-refractivity contribution in [2.75, 3.05) is 44.2 Å². The van der Waals surface area contributed by atoms with Crippen LogP contribution in [0.25, 0.3) is 0 Å². The number of ether oxygens (including phenoxy) is 1. The second-order valence-electron chi connectivity index (χ2n) is 14.4. The average molecular weight is 700 g/mol. The maximum Gasteiger partial charge on any atom is 0.401 e. The lowest BCUT2D eigenvalue weighted by Gasteiger charge is -2.43. The van der Waals surface area contributed by atoms with Crippen molar-refractivity contribution in [1.29, 1.82) is 0 Å². The zero-order valence-corrected chi connectivity index (χ0v) is 28.5. The first-order valence-corrected chi connectivity index (χ1v) is 17.7. The summed E-state index contributed by atoms with van der Waals surface area (Å²) in [5.41, 5.74) is 2.26. The SMILES string of the molecule is C[C@@H]1Cc2cc(OCc3ccccc3)ccc2C(c2c(F)cc(N3CCCC4(CCCN(CC(=O)O)CC4)CCC3)cc2F)N1CC(F)(F)F. The van der Waals surface area contributed by atoms with Gasteiger partial charge in [-0.3, -0.25) is 14.6 Å². The molecule has 1 spiro atoms. The first-order chi connectivity index (χ1) is 23.9. The normalized spacial score (nSPS) is 22.0. The molecule has 1 unspecified atom stereocenters. The number of rotatable bonds is 8. The van der Waals surface area contributed by atoms with Crippen molar-refractivity contribution in [3.8, 4) is 5.75 Å². The van der Waals surface area contributed by atoms with Crippen molar-refractivity contribution in [3.63, 3.8) is 0 Å². The van der Waals surface area contributed by atoms with Gasteiger partial charge in [-0.05, 0) is 118 Å². The molecule has 2 fully saturated rings. The van der Waals surface area contributed by atoms with Gasteiger partial charge in [0.1, 0.15) is 24.0 Å². The Morgan fingerprint density at radius 2 is 1.56 bits per heavy atom. The van der Waals surface area contributed by atoms with Crippen molar-refractivity contribution in [2.45, 2.75) is 83.2 Å². The predicted molar refractivity (Wildman–Crippen MR) is 182 cm³/mol. The lowest BCUT2D eigenvalue weighted by atomic mass is 9.72. The van der Waals surface area contributed by atoms with E-state index in [-0.39, 0.29) is 23.9 Å². The fraction of sp³-hybridized carbons (Fsp3) is 0.513. The van der Waals surface area contributed by atoms with Crippen molar-refractivity contribution in [1.82, 2.24) is 9.80 Å². The van der Waals surface area contributed by atoms with E-state index < -0.39 is 42.4 Å². The number of carbonyl (C=O) groups is 1. The van der Waals surface area contributed by atoms with E-state index in [1.807, 2.05) is 40.1 Å². The van der Waals surface area contributed by atoms with Gasteiger partial charge in [-0.1, -0.05) is 36.4 Å². The van der Waals surface area contributed by atoms with Gasteiger partial charge in [-0.15, -0.1) is 0 Å². The van der Waals surface area contributed by atoms with Crippen LogP contribution in [0.1, 0.15) is 80.2 Å². The van der Waals surface area contributed by atoms with Gasteiger partial charge in [0.15, 0.2) is 0 Å². The quantitative estimate of drug-likeness (QED) is 0.239. The van der Waals surface area contributed by atoms with Crippen LogP contribution in [0.4, 0.5) is 27.6 Å². The molecule has 270 valence electrons. The molecule has 2 atom stereocenters. The molecule has 0 aromatic heterocycles. The molecule has 0 amide bonds. The van der Waals surface area contributed by atoms with Crippen LogP contribution in [0.2, 0.25) is 0 Å². The molecule has 3 aliphatic rings. The third kappa shape index (κ3) is 8.60. The number of hydrogen-bond donors (Lipinski definition) is 1. The Hall–Kier alpha value is -3.70. The molecule has 3 aliphatic heterocycles. The van der Waals surface area contributed by atoms with Crippen molar-refractivity contribution in [3.05, 3.63) is 94.6 Å². The predicted octanol–water partition coefficient (Wildman–Crippen LogP) is 8.38. The number of benzene rings is 3. The molecular formula is C39H46F5N3O3. The summed E-state index contributed by atoms with van der Waals surface area (Å²) in [5.74, 6) is -1.99. The molecule has 6 nitrogen and oxygen atoms in total. The highest BCUT2D eigenvalue weighted by Crippen LogP contribution is 2.45. The summed E-state index contributed by atoms with van der Waals surface area (Å²) >= 11 is 0. The molecule has 1 N–H and O–H groups in total. The maximum absolute atomic E-state index is 16.3. The van der Waals surface area contributed by atoms with Crippen molar-refractivity contribution in [2.24, 2.45) is 5.41 Å². The zero-order chi connectivity index (χ0) is 35.5. The van der Waals surface area contributed by atoms with Crippen molar-refractivity contribution < 1.29 is 36.6 Å². The molecule has 50 heavy (non-hydrogen) atoms. The summed E-state index contributed by atoms with van der Waals surface area (Å²) in [4.78, 5) is 16.4. The molecule has 0 radical (unpaired) electrons. The molecule has 6 rings (SSSR count). The van der Waals surface area contributed by atoms with Gasteiger partial charge in [0.2, 0.25) is 0 Å². The average Bonchev–Trinajstić information content (AvgIpc) is 3.24. The molecule has 0 saturated carbocycles. The minimum absolute atomic E-state index is 0.0561. The van der Waals surface area contributed by atoms with Gasteiger partial charge in [-0.2, -0.15) is 13.2 Å². The van der Waals surface area contributed by atoms with Crippen molar-refractivity contribution >= 4 is 11.7 Å². The van der Waals surface area contributed by atoms with Crippen LogP contribution in [0.15, 0.2) is 60.7 Å². The fourth-order valence-corrected chi connectivity index (χ4v) is 8.46. The van der Waals surface area contributed by atoms with E-state index in [0.29, 0.717) is 42.3 Å². The van der Waals surface area contributed by atoms with E-state index >= 15 is 8.78 Å². The Labute approximate surface area is 290 Å². The van der Waals surface area contributed by atoms with Crippen LogP contribution in [-0.4, -0.2) is 72.4 Å². The van der Waals surface area contributed by atoms with Crippen LogP contribution in [0.3, 0.4) is 0 Å². The minimum atomic E-state index is -4.57. The van der Waals surface area contributed by atoms with Gasteiger partial charge < -0.3 is 14.7 Å². The van der Waals surface area contributed by atoms with Crippen LogP contribution < -0.4 is 9.64 Å². The summed E-state index contributed by atoms with van der Waals surface area (Å²) in [6.07, 6.45) is 2.19. The summed E-state index contributed by atoms with van der Waals surface area (Å²) < 4.78 is 80.3. The van der Waals surface area contributed by atoms with E-state index in [1.165, 1.54) is 12.1 Å². The summed E-state index contributed by atoms with van der Waals surface area (Å²) in [7, 11) is 0. The van der Waals surface area contributed by atoms with Gasteiger partial charge in [0.25, 0.3) is 0 Å². The first-order valence-electron chi connectivity index (χ1n) is 17.7. The molecule has 11 heteroatoms. The Morgan fingerprint density at radius 1 is 0.900 bits per heavy atom. The van der Waals surface area contributed by atoms with Crippen LogP contribution in [0.5, 0.6) is 5.75 Å². The number of alkyl halides is 3. The van der Waals surface area contributed by atoms with Gasteiger partial charge >= 0.3 is 12.1 Å². The maximum atomic E-state index is 16.3. The highest BCUT2D eigenvalue weighted by atomic mass is 19.4. The number of hydrogen-bond acceptors (Lipinski definition) is 5. The lowest BCUT2D eigenvalue weighted by molar-refractivity contribution is -0.155. The molecule has 3 aromatic carbocycles. The number of halogens is 5. The number of nitrogens with zero attached hydrogens (tertiary/aromatic N) is 3. The second kappa shape index (κ2) is 15.3. The summed E-state index contributed by atoms with van der Waals surface area (Å²) in [6, 6.07) is 15.3. The minimum Gasteiger partial charge on any atom is -0.489 e. The van der Waals surface area contributed by atoms with Crippen LogP contribution >= 0.6 is 0 Å². The Kier molecular flexibility index (Phi) is 11.0. The number of carboxylic acids is 1. The van der Waals surface area contributed by atoms with Crippen LogP contribution in [-0.2, 0) is 17.8 Å². The number of fused-ring (bicyclic) bond motifs is 1. The molecule has 3 heterocycles. The van der Waals surface area contributed by atoms with E-state index in [4.69, 9.17) is 4.74 Å². The molecule has 3 aromatic rings. The van der Waals surface area contributed by atoms with Crippen LogP contribution in [0, 0.1) is 17.0 Å². The number of likely N-dealkylation sites (tertiary alicyclic amines) is 1. The molecule has 0 bridgehead atoms. The van der Waals surface area contributed by atoms with E-state index in [1.54, 1.807) is 25.1 Å². The second-order valence-corrected chi connectivity index (χ2v) is 14.4. The highest BCUT2D eigenvalue weighted by molar-refractivity contribution is 5.69. The monoisotopic (exact) mass is 699 g/mol. The Bertz CT molecular complexity index is 1600. The third-order valence-electron chi connectivity index (χ3n) is 10.9.